The van der Waals surface area contributed by atoms with Gasteiger partial charge in [-0.2, -0.15) is 9.59 Å². The van der Waals surface area contributed by atoms with Crippen molar-refractivity contribution in [3.05, 3.63) is 88.4 Å². The molecule has 5 N–H and O–H groups in total. The lowest BCUT2D eigenvalue weighted by atomic mass is 10.1. The summed E-state index contributed by atoms with van der Waals surface area (Å²) in [7, 11) is 0. The van der Waals surface area contributed by atoms with E-state index in [1.54, 1.807) is 42.5 Å². The van der Waals surface area contributed by atoms with Gasteiger partial charge in [0.1, 0.15) is 5.75 Å². The number of aryl methyl sites for hydroxylation is 2. The van der Waals surface area contributed by atoms with Crippen LogP contribution in [0.15, 0.2) is 71.7 Å². The Morgan fingerprint density at radius 2 is 1.67 bits per heavy atom. The van der Waals surface area contributed by atoms with Crippen molar-refractivity contribution in [2.45, 2.75) is 19.8 Å². The molecule has 0 atom stereocenters. The lowest BCUT2D eigenvalue weighted by molar-refractivity contribution is -0.191. The van der Waals surface area contributed by atoms with Gasteiger partial charge in [-0.05, 0) is 66.9 Å². The number of carbonyl (C=O) groups is 2. The highest BCUT2D eigenvalue weighted by atomic mass is 35.5. The van der Waals surface area contributed by atoms with E-state index in [1.165, 1.54) is 0 Å². The minimum absolute atomic E-state index is 0. The molecule has 0 heterocycles. The van der Waals surface area contributed by atoms with Crippen LogP contribution >= 0.6 is 24.0 Å². The lowest BCUT2D eigenvalue weighted by Crippen LogP contribution is -2.21. The van der Waals surface area contributed by atoms with Gasteiger partial charge in [0.2, 0.25) is 5.91 Å². The smallest absolute Gasteiger partial charge is 0.373 e. The monoisotopic (exact) mass is 530 g/mol. The molecule has 9 nitrogen and oxygen atoms in total. The Labute approximate surface area is 218 Å². The summed E-state index contributed by atoms with van der Waals surface area (Å²) in [4.78, 5) is 44.8. The van der Waals surface area contributed by atoms with E-state index in [4.69, 9.17) is 37.4 Å². The number of ether oxygens (including phenoxy) is 1. The van der Waals surface area contributed by atoms with E-state index in [9.17, 15) is 9.59 Å². The van der Waals surface area contributed by atoms with Gasteiger partial charge in [-0.15, -0.1) is 12.4 Å². The molecule has 0 saturated carbocycles. The molecular formula is C25H24Cl2N4O5. The Morgan fingerprint density at radius 3 is 2.25 bits per heavy atom. The molecule has 3 rings (SSSR count). The van der Waals surface area contributed by atoms with Gasteiger partial charge in [-0.25, -0.2) is 9.79 Å². The molecular weight excluding hydrogens is 507 g/mol. The highest BCUT2D eigenvalue weighted by molar-refractivity contribution is 6.31. The molecule has 0 aromatic heterocycles. The van der Waals surface area contributed by atoms with Gasteiger partial charge < -0.3 is 21.5 Å². The van der Waals surface area contributed by atoms with Crippen molar-refractivity contribution in [3.8, 4) is 5.75 Å². The summed E-state index contributed by atoms with van der Waals surface area (Å²) in [5.41, 5.74) is 14.1. The van der Waals surface area contributed by atoms with Crippen LogP contribution in [-0.4, -0.2) is 24.0 Å². The summed E-state index contributed by atoms with van der Waals surface area (Å²) in [6, 6.07) is 18.9. The number of nitrogens with one attached hydrogen (secondary N) is 1. The van der Waals surface area contributed by atoms with E-state index in [1.807, 2.05) is 31.2 Å². The van der Waals surface area contributed by atoms with Crippen molar-refractivity contribution in [1.82, 2.24) is 0 Å². The first-order valence-electron chi connectivity index (χ1n) is 10.3. The highest BCUT2D eigenvalue weighted by Gasteiger charge is 2.12. The van der Waals surface area contributed by atoms with E-state index in [0.717, 1.165) is 16.8 Å². The zero-order valence-electron chi connectivity index (χ0n) is 19.2. The molecule has 0 bridgehead atoms. The van der Waals surface area contributed by atoms with Crippen LogP contribution in [0.2, 0.25) is 5.02 Å². The number of amides is 1. The second kappa shape index (κ2) is 15.0. The third-order valence-electron chi connectivity index (χ3n) is 4.64. The summed E-state index contributed by atoms with van der Waals surface area (Å²) < 4.78 is 5.39. The Bertz CT molecular complexity index is 1250. The summed E-state index contributed by atoms with van der Waals surface area (Å²) in [5.74, 6) is -0.401. The minimum Gasteiger partial charge on any atom is -0.423 e. The number of nitrogens with zero attached hydrogens (tertiary/aromatic N) is 1. The molecule has 0 aliphatic rings. The maximum absolute atomic E-state index is 12.4. The van der Waals surface area contributed by atoms with E-state index >= 15 is 0 Å². The molecule has 3 aromatic carbocycles. The highest BCUT2D eigenvalue weighted by Crippen LogP contribution is 2.25. The van der Waals surface area contributed by atoms with Crippen molar-refractivity contribution >= 4 is 59.4 Å². The molecule has 0 aliphatic carbocycles. The second-order valence-electron chi connectivity index (χ2n) is 7.17. The van der Waals surface area contributed by atoms with Crippen LogP contribution in [0.4, 0.5) is 11.4 Å². The van der Waals surface area contributed by atoms with Gasteiger partial charge in [0.25, 0.3) is 0 Å². The number of hydrogen-bond acceptors (Lipinski definition) is 6. The van der Waals surface area contributed by atoms with Crippen LogP contribution in [-0.2, 0) is 20.8 Å². The van der Waals surface area contributed by atoms with Gasteiger partial charge in [0.15, 0.2) is 5.96 Å². The van der Waals surface area contributed by atoms with Crippen LogP contribution in [0.3, 0.4) is 0 Å². The predicted octanol–water partition coefficient (Wildman–Crippen LogP) is 4.18. The fraction of sp³-hybridized carbons (Fsp3) is 0.120. The van der Waals surface area contributed by atoms with Gasteiger partial charge in [-0.3, -0.25) is 4.79 Å². The average Bonchev–Trinajstić information content (AvgIpc) is 2.80. The molecule has 0 unspecified atom stereocenters. The maximum Gasteiger partial charge on any atom is 0.373 e. The fourth-order valence-electron chi connectivity index (χ4n) is 2.96. The number of anilines is 1. The van der Waals surface area contributed by atoms with E-state index < -0.39 is 5.97 Å². The summed E-state index contributed by atoms with van der Waals surface area (Å²) in [6.07, 6.45) is 0.979. The fourth-order valence-corrected chi connectivity index (χ4v) is 3.22. The third-order valence-corrected chi connectivity index (χ3v) is 4.99. The Balaban J connectivity index is 0.00000154. The zero-order valence-corrected chi connectivity index (χ0v) is 20.8. The van der Waals surface area contributed by atoms with Crippen molar-refractivity contribution in [1.29, 1.82) is 0 Å². The summed E-state index contributed by atoms with van der Waals surface area (Å²) in [5, 5.41) is 3.32. The molecule has 3 aromatic rings. The number of hydrogen-bond donors (Lipinski definition) is 3. The number of nitrogens with two attached hydrogens (primary N) is 2. The first-order chi connectivity index (χ1) is 16.7. The van der Waals surface area contributed by atoms with E-state index in [2.05, 4.69) is 10.3 Å². The summed E-state index contributed by atoms with van der Waals surface area (Å²) >= 11 is 6.34. The number of guanidine groups is 1. The molecule has 0 aliphatic heterocycles. The standard InChI is InChI=1S/C24H23ClN4O3.CO2.ClH/c1-15-4-2-3-5-21(15)29-22(30)13-9-16-8-12-19(14-20(16)25)32-23(31)17-6-10-18(11-7-17)28-24(26)27;2-1-3;/h2-8,10-12,14H,9,13H2,1H3,(H,29,30)(H4,26,27,28);;1H. The largest absolute Gasteiger partial charge is 0.423 e. The Morgan fingerprint density at radius 1 is 1.03 bits per heavy atom. The number of rotatable bonds is 7. The number of benzene rings is 3. The average molecular weight is 531 g/mol. The number of halogens is 2. The first-order valence-corrected chi connectivity index (χ1v) is 10.7. The van der Waals surface area contributed by atoms with Crippen molar-refractivity contribution in [2.75, 3.05) is 5.32 Å². The molecule has 36 heavy (non-hydrogen) atoms. The molecule has 0 spiro atoms. The quantitative estimate of drug-likeness (QED) is 0.179. The van der Waals surface area contributed by atoms with Gasteiger partial charge in [0.05, 0.1) is 11.3 Å². The van der Waals surface area contributed by atoms with Crippen molar-refractivity contribution in [2.24, 2.45) is 16.5 Å². The van der Waals surface area contributed by atoms with Crippen LogP contribution < -0.4 is 21.5 Å². The molecule has 11 heteroatoms. The second-order valence-corrected chi connectivity index (χ2v) is 7.58. The predicted molar refractivity (Wildman–Crippen MR) is 139 cm³/mol. The number of aliphatic imine (C=N–C) groups is 1. The maximum atomic E-state index is 12.4. The minimum atomic E-state index is -0.539. The van der Waals surface area contributed by atoms with Crippen LogP contribution in [0.5, 0.6) is 5.75 Å². The Hall–Kier alpha value is -4.17. The van der Waals surface area contributed by atoms with Crippen LogP contribution in [0.25, 0.3) is 0 Å². The molecule has 0 fully saturated rings. The van der Waals surface area contributed by atoms with E-state index in [0.29, 0.717) is 28.4 Å². The molecule has 1 amide bonds. The molecule has 188 valence electrons. The summed E-state index contributed by atoms with van der Waals surface area (Å²) in [6.45, 7) is 1.94. The van der Waals surface area contributed by atoms with Gasteiger partial charge in [-0.1, -0.05) is 35.9 Å². The number of para-hydroxylation sites is 1. The van der Waals surface area contributed by atoms with Crippen molar-refractivity contribution in [3.63, 3.8) is 0 Å². The molecule has 0 saturated heterocycles. The third kappa shape index (κ3) is 9.60. The number of carbonyl (C=O) groups excluding carboxylic acids is 4. The number of esters is 1. The normalized spacial score (nSPS) is 9.39. The zero-order chi connectivity index (χ0) is 25.8. The van der Waals surface area contributed by atoms with E-state index in [-0.39, 0.29) is 36.8 Å². The topological polar surface area (TPSA) is 154 Å². The van der Waals surface area contributed by atoms with Gasteiger partial charge >= 0.3 is 12.1 Å². The lowest BCUT2D eigenvalue weighted by Gasteiger charge is -2.10. The van der Waals surface area contributed by atoms with Crippen LogP contribution in [0.1, 0.15) is 27.9 Å². The van der Waals surface area contributed by atoms with Crippen LogP contribution in [0, 0.1) is 6.92 Å². The first kappa shape index (κ1) is 29.9. The van der Waals surface area contributed by atoms with Crippen molar-refractivity contribution < 1.29 is 23.9 Å². The van der Waals surface area contributed by atoms with Gasteiger partial charge in [0, 0.05) is 17.1 Å². The SMILES string of the molecule is Cc1ccccc1NC(=O)CCc1ccc(OC(=O)c2ccc(N=C(N)N)cc2)cc1Cl.Cl.O=C=O. The Kier molecular flexibility index (Phi) is 12.4. The molecule has 0 radical (unpaired) electrons.